The first-order chi connectivity index (χ1) is 6.35. The number of amides is 1. The second-order valence-electron chi connectivity index (χ2n) is 3.37. The smallest absolute Gasteiger partial charge is 0.235 e. The van der Waals surface area contributed by atoms with E-state index in [1.165, 1.54) is 0 Å². The quantitative estimate of drug-likeness (QED) is 0.691. The summed E-state index contributed by atoms with van der Waals surface area (Å²) in [5.74, 6) is -0.348. The van der Waals surface area contributed by atoms with Crippen molar-refractivity contribution in [2.24, 2.45) is 0 Å². The normalized spacial score (nSPS) is 13.6. The van der Waals surface area contributed by atoms with E-state index in [1.807, 2.05) is 6.92 Å². The summed E-state index contributed by atoms with van der Waals surface area (Å²) < 4.78 is 21.5. The van der Waals surface area contributed by atoms with Crippen molar-refractivity contribution >= 4 is 27.3 Å². The summed E-state index contributed by atoms with van der Waals surface area (Å²) in [6.45, 7) is 1.83. The Hall–Kier alpha value is -0.290. The number of sulfone groups is 1. The lowest BCUT2D eigenvalue weighted by Gasteiger charge is -2.12. The van der Waals surface area contributed by atoms with Gasteiger partial charge in [-0.15, -0.1) is 11.6 Å². The summed E-state index contributed by atoms with van der Waals surface area (Å²) in [5.41, 5.74) is 0. The van der Waals surface area contributed by atoms with E-state index >= 15 is 0 Å². The Kier molecular flexibility index (Phi) is 6.11. The predicted octanol–water partition coefficient (Wildman–Crippen LogP) is 0.555. The maximum atomic E-state index is 11.1. The molecular weight excluding hydrogens is 226 g/mol. The van der Waals surface area contributed by atoms with E-state index in [0.717, 1.165) is 19.1 Å². The number of alkyl halides is 1. The fourth-order valence-corrected chi connectivity index (χ4v) is 1.72. The summed E-state index contributed by atoms with van der Waals surface area (Å²) in [4.78, 5) is 11.1. The van der Waals surface area contributed by atoms with Crippen LogP contribution in [0.5, 0.6) is 0 Å². The molecule has 6 heteroatoms. The van der Waals surface area contributed by atoms with Gasteiger partial charge in [0.1, 0.15) is 5.75 Å². The van der Waals surface area contributed by atoms with Crippen LogP contribution < -0.4 is 5.32 Å². The van der Waals surface area contributed by atoms with Gasteiger partial charge in [0, 0.05) is 18.2 Å². The van der Waals surface area contributed by atoms with Gasteiger partial charge in [-0.1, -0.05) is 0 Å². The highest BCUT2D eigenvalue weighted by Gasteiger charge is 2.12. The molecule has 0 saturated heterocycles. The van der Waals surface area contributed by atoms with Crippen LogP contribution in [0, 0.1) is 0 Å². The van der Waals surface area contributed by atoms with Crippen molar-refractivity contribution in [3.05, 3.63) is 0 Å². The Morgan fingerprint density at radius 3 is 2.50 bits per heavy atom. The Labute approximate surface area is 89.9 Å². The lowest BCUT2D eigenvalue weighted by atomic mass is 10.2. The number of rotatable bonds is 6. The highest BCUT2D eigenvalue weighted by molar-refractivity contribution is 7.91. The number of nitrogens with one attached hydrogen (secondary N) is 1. The van der Waals surface area contributed by atoms with Crippen molar-refractivity contribution < 1.29 is 13.2 Å². The average Bonchev–Trinajstić information content (AvgIpc) is 1.96. The second kappa shape index (κ2) is 6.24. The third-order valence-corrected chi connectivity index (χ3v) is 2.63. The Morgan fingerprint density at radius 2 is 2.07 bits per heavy atom. The standard InChI is InChI=1S/C8H16ClNO3S/c1-7(4-3-5-9)10-8(11)6-14(2,12)13/h7H,3-6H2,1-2H3,(H,10,11). The first kappa shape index (κ1) is 13.7. The van der Waals surface area contributed by atoms with Crippen molar-refractivity contribution in [1.82, 2.24) is 5.32 Å². The molecule has 0 spiro atoms. The third kappa shape index (κ3) is 8.31. The summed E-state index contributed by atoms with van der Waals surface area (Å²) in [6, 6.07) is -0.0250. The molecular formula is C8H16ClNO3S. The molecule has 0 aromatic heterocycles. The van der Waals surface area contributed by atoms with Crippen molar-refractivity contribution in [2.75, 3.05) is 17.9 Å². The van der Waals surface area contributed by atoms with Gasteiger partial charge in [0.15, 0.2) is 9.84 Å². The lowest BCUT2D eigenvalue weighted by Crippen LogP contribution is -2.36. The van der Waals surface area contributed by atoms with E-state index in [4.69, 9.17) is 11.6 Å². The van der Waals surface area contributed by atoms with Crippen LogP contribution in [0.1, 0.15) is 19.8 Å². The molecule has 84 valence electrons. The van der Waals surface area contributed by atoms with Gasteiger partial charge >= 0.3 is 0 Å². The van der Waals surface area contributed by atoms with Crippen molar-refractivity contribution in [3.8, 4) is 0 Å². The molecule has 1 amide bonds. The number of halogens is 1. The molecule has 1 N–H and O–H groups in total. The van der Waals surface area contributed by atoms with Crippen LogP contribution in [0.2, 0.25) is 0 Å². The first-order valence-corrected chi connectivity index (χ1v) is 6.97. The first-order valence-electron chi connectivity index (χ1n) is 4.38. The predicted molar refractivity (Wildman–Crippen MR) is 57.3 cm³/mol. The molecule has 0 fully saturated rings. The number of carbonyl (C=O) groups is 1. The van der Waals surface area contributed by atoms with Crippen LogP contribution in [-0.4, -0.2) is 38.3 Å². The largest absolute Gasteiger partial charge is 0.353 e. The van der Waals surface area contributed by atoms with E-state index < -0.39 is 21.5 Å². The molecule has 1 atom stereocenters. The molecule has 0 bridgehead atoms. The average molecular weight is 242 g/mol. The summed E-state index contributed by atoms with van der Waals surface area (Å²) in [7, 11) is -3.23. The maximum absolute atomic E-state index is 11.1. The highest BCUT2D eigenvalue weighted by Crippen LogP contribution is 1.98. The SMILES string of the molecule is CC(CCCCl)NC(=O)CS(C)(=O)=O. The zero-order valence-corrected chi connectivity index (χ0v) is 9.99. The lowest BCUT2D eigenvalue weighted by molar-refractivity contribution is -0.119. The van der Waals surface area contributed by atoms with Gasteiger partial charge in [0.25, 0.3) is 0 Å². The minimum Gasteiger partial charge on any atom is -0.353 e. The molecule has 0 radical (unpaired) electrons. The van der Waals surface area contributed by atoms with E-state index in [0.29, 0.717) is 5.88 Å². The number of hydrogen-bond acceptors (Lipinski definition) is 3. The minimum absolute atomic E-state index is 0.0250. The molecule has 0 heterocycles. The van der Waals surface area contributed by atoms with E-state index in [-0.39, 0.29) is 6.04 Å². The summed E-state index contributed by atoms with van der Waals surface area (Å²) in [5, 5.41) is 2.59. The maximum Gasteiger partial charge on any atom is 0.235 e. The monoisotopic (exact) mass is 241 g/mol. The Morgan fingerprint density at radius 1 is 1.50 bits per heavy atom. The fraction of sp³-hybridized carbons (Fsp3) is 0.875. The van der Waals surface area contributed by atoms with Crippen LogP contribution in [0.4, 0.5) is 0 Å². The van der Waals surface area contributed by atoms with Gasteiger partial charge in [0.05, 0.1) is 0 Å². The van der Waals surface area contributed by atoms with Gasteiger partial charge in [-0.05, 0) is 19.8 Å². The third-order valence-electron chi connectivity index (χ3n) is 1.57. The molecule has 0 saturated carbocycles. The highest BCUT2D eigenvalue weighted by atomic mass is 35.5. The number of hydrogen-bond donors (Lipinski definition) is 1. The molecule has 0 aliphatic carbocycles. The molecule has 0 aliphatic rings. The molecule has 14 heavy (non-hydrogen) atoms. The van der Waals surface area contributed by atoms with Gasteiger partial charge in [-0.25, -0.2) is 8.42 Å². The minimum atomic E-state index is -3.23. The molecule has 0 aromatic carbocycles. The molecule has 1 unspecified atom stereocenters. The molecule has 0 aromatic rings. The second-order valence-corrected chi connectivity index (χ2v) is 5.89. The van der Waals surface area contributed by atoms with Crippen molar-refractivity contribution in [1.29, 1.82) is 0 Å². The Bertz CT molecular complexity index is 276. The van der Waals surface area contributed by atoms with Gasteiger partial charge in [-0.2, -0.15) is 0 Å². The topological polar surface area (TPSA) is 63.2 Å². The van der Waals surface area contributed by atoms with E-state index in [9.17, 15) is 13.2 Å². The van der Waals surface area contributed by atoms with Crippen LogP contribution >= 0.6 is 11.6 Å². The summed E-state index contributed by atoms with van der Waals surface area (Å²) >= 11 is 5.48. The Balaban J connectivity index is 3.83. The van der Waals surface area contributed by atoms with E-state index in [1.54, 1.807) is 0 Å². The summed E-state index contributed by atoms with van der Waals surface area (Å²) in [6.07, 6.45) is 2.61. The zero-order chi connectivity index (χ0) is 11.2. The van der Waals surface area contributed by atoms with Gasteiger partial charge in [-0.3, -0.25) is 4.79 Å². The molecule has 0 rings (SSSR count). The van der Waals surface area contributed by atoms with Crippen molar-refractivity contribution in [2.45, 2.75) is 25.8 Å². The molecule has 4 nitrogen and oxygen atoms in total. The molecule has 0 aliphatic heterocycles. The van der Waals surface area contributed by atoms with Gasteiger partial charge in [0.2, 0.25) is 5.91 Å². The van der Waals surface area contributed by atoms with Crippen LogP contribution in [-0.2, 0) is 14.6 Å². The van der Waals surface area contributed by atoms with Crippen LogP contribution in [0.15, 0.2) is 0 Å². The van der Waals surface area contributed by atoms with Crippen LogP contribution in [0.3, 0.4) is 0 Å². The van der Waals surface area contributed by atoms with E-state index in [2.05, 4.69) is 5.32 Å². The zero-order valence-electron chi connectivity index (χ0n) is 8.42. The fourth-order valence-electron chi connectivity index (χ4n) is 1.01. The number of carbonyl (C=O) groups excluding carboxylic acids is 1. The van der Waals surface area contributed by atoms with Crippen molar-refractivity contribution in [3.63, 3.8) is 0 Å². The van der Waals surface area contributed by atoms with Gasteiger partial charge < -0.3 is 5.32 Å². The van der Waals surface area contributed by atoms with Crippen LogP contribution in [0.25, 0.3) is 0 Å².